The third-order valence-corrected chi connectivity index (χ3v) is 4.18. The Balaban J connectivity index is 1.80. The molecule has 1 fully saturated rings. The Morgan fingerprint density at radius 3 is 2.35 bits per heavy atom. The van der Waals surface area contributed by atoms with E-state index >= 15 is 0 Å². The van der Waals surface area contributed by atoms with Crippen LogP contribution >= 0.6 is 11.6 Å². The van der Waals surface area contributed by atoms with Crippen LogP contribution in [0.1, 0.15) is 44.1 Å². The highest BCUT2D eigenvalue weighted by atomic mass is 35.5. The summed E-state index contributed by atoms with van der Waals surface area (Å²) in [7, 11) is 0. The standard InChI is InChI=1S/C16H22ClNO2/c17-14-7-5-13(6-8-14)11-15(19)18-12-16(20)9-3-1-2-4-10-16/h5-8,20H,1-4,9-12H2,(H,18,19). The Hall–Kier alpha value is -1.06. The maximum atomic E-state index is 11.9. The van der Waals surface area contributed by atoms with Gasteiger partial charge in [-0.15, -0.1) is 0 Å². The first-order chi connectivity index (χ1) is 9.57. The van der Waals surface area contributed by atoms with Crippen LogP contribution in [0.5, 0.6) is 0 Å². The molecule has 4 heteroatoms. The van der Waals surface area contributed by atoms with Crippen LogP contribution in [-0.4, -0.2) is 23.2 Å². The molecule has 0 bridgehead atoms. The highest BCUT2D eigenvalue weighted by Gasteiger charge is 2.28. The molecular formula is C16H22ClNO2. The molecule has 3 nitrogen and oxygen atoms in total. The first kappa shape index (κ1) is 15.3. The minimum atomic E-state index is -0.716. The fraction of sp³-hybridized carbons (Fsp3) is 0.562. The number of amides is 1. The van der Waals surface area contributed by atoms with Gasteiger partial charge in [-0.2, -0.15) is 0 Å². The molecule has 0 atom stereocenters. The number of halogens is 1. The van der Waals surface area contributed by atoms with E-state index in [4.69, 9.17) is 11.6 Å². The average Bonchev–Trinajstić information content (AvgIpc) is 2.65. The van der Waals surface area contributed by atoms with Crippen molar-refractivity contribution in [3.63, 3.8) is 0 Å². The predicted octanol–water partition coefficient (Wildman–Crippen LogP) is 3.08. The van der Waals surface area contributed by atoms with E-state index in [1.165, 1.54) is 12.8 Å². The van der Waals surface area contributed by atoms with E-state index in [0.717, 1.165) is 31.2 Å². The van der Waals surface area contributed by atoms with Gasteiger partial charge < -0.3 is 10.4 Å². The second kappa shape index (κ2) is 7.09. The van der Waals surface area contributed by atoms with E-state index in [2.05, 4.69) is 5.32 Å². The normalized spacial score (nSPS) is 18.3. The maximum absolute atomic E-state index is 11.9. The van der Waals surface area contributed by atoms with Gasteiger partial charge in [-0.05, 0) is 30.5 Å². The number of benzene rings is 1. The molecule has 0 aliphatic heterocycles. The van der Waals surface area contributed by atoms with Crippen molar-refractivity contribution in [2.45, 2.75) is 50.5 Å². The number of carbonyl (C=O) groups is 1. The number of hydrogen-bond acceptors (Lipinski definition) is 2. The number of nitrogens with one attached hydrogen (secondary N) is 1. The quantitative estimate of drug-likeness (QED) is 0.839. The number of aliphatic hydroxyl groups is 1. The third kappa shape index (κ3) is 4.80. The van der Waals surface area contributed by atoms with E-state index in [9.17, 15) is 9.90 Å². The summed E-state index contributed by atoms with van der Waals surface area (Å²) in [6.45, 7) is 0.361. The highest BCUT2D eigenvalue weighted by Crippen LogP contribution is 2.26. The average molecular weight is 296 g/mol. The van der Waals surface area contributed by atoms with Crippen LogP contribution in [0.4, 0.5) is 0 Å². The van der Waals surface area contributed by atoms with Crippen molar-refractivity contribution < 1.29 is 9.90 Å². The lowest BCUT2D eigenvalue weighted by Gasteiger charge is -2.26. The highest BCUT2D eigenvalue weighted by molar-refractivity contribution is 6.30. The van der Waals surface area contributed by atoms with Gasteiger partial charge in [-0.25, -0.2) is 0 Å². The SMILES string of the molecule is O=C(Cc1ccc(Cl)cc1)NCC1(O)CCCCCC1. The predicted molar refractivity (Wildman–Crippen MR) is 80.8 cm³/mol. The second-order valence-electron chi connectivity index (χ2n) is 5.72. The molecular weight excluding hydrogens is 274 g/mol. The fourth-order valence-corrected chi connectivity index (χ4v) is 2.80. The zero-order chi connectivity index (χ0) is 14.4. The van der Waals surface area contributed by atoms with Crippen molar-refractivity contribution in [3.8, 4) is 0 Å². The molecule has 0 radical (unpaired) electrons. The summed E-state index contributed by atoms with van der Waals surface area (Å²) < 4.78 is 0. The second-order valence-corrected chi connectivity index (χ2v) is 6.15. The Labute approximate surface area is 125 Å². The van der Waals surface area contributed by atoms with E-state index in [0.29, 0.717) is 18.0 Å². The van der Waals surface area contributed by atoms with Gasteiger partial charge >= 0.3 is 0 Å². The lowest BCUT2D eigenvalue weighted by atomic mass is 9.94. The smallest absolute Gasteiger partial charge is 0.224 e. The van der Waals surface area contributed by atoms with Crippen LogP contribution in [-0.2, 0) is 11.2 Å². The molecule has 1 aromatic rings. The van der Waals surface area contributed by atoms with Crippen LogP contribution in [0, 0.1) is 0 Å². The molecule has 1 saturated carbocycles. The fourth-order valence-electron chi connectivity index (χ4n) is 2.68. The van der Waals surface area contributed by atoms with Crippen LogP contribution < -0.4 is 5.32 Å². The first-order valence-electron chi connectivity index (χ1n) is 7.31. The Bertz CT molecular complexity index is 436. The monoisotopic (exact) mass is 295 g/mol. The molecule has 0 aromatic heterocycles. The van der Waals surface area contributed by atoms with E-state index in [1.54, 1.807) is 12.1 Å². The van der Waals surface area contributed by atoms with Crippen LogP contribution in [0.2, 0.25) is 5.02 Å². The molecule has 0 heterocycles. The Kier molecular flexibility index (Phi) is 5.44. The van der Waals surface area contributed by atoms with Gasteiger partial charge in [0.2, 0.25) is 5.91 Å². The summed E-state index contributed by atoms with van der Waals surface area (Å²) in [5.41, 5.74) is 0.214. The molecule has 0 unspecified atom stereocenters. The Morgan fingerprint density at radius 2 is 1.75 bits per heavy atom. The molecule has 1 aliphatic carbocycles. The van der Waals surface area contributed by atoms with Gasteiger partial charge in [0.05, 0.1) is 12.0 Å². The van der Waals surface area contributed by atoms with E-state index in [-0.39, 0.29) is 5.91 Å². The molecule has 110 valence electrons. The largest absolute Gasteiger partial charge is 0.388 e. The summed E-state index contributed by atoms with van der Waals surface area (Å²) in [6, 6.07) is 7.26. The molecule has 1 amide bonds. The molecule has 0 saturated heterocycles. The number of hydrogen-bond donors (Lipinski definition) is 2. The number of carbonyl (C=O) groups excluding carboxylic acids is 1. The van der Waals surface area contributed by atoms with E-state index in [1.807, 2.05) is 12.1 Å². The van der Waals surface area contributed by atoms with Crippen molar-refractivity contribution in [1.82, 2.24) is 5.32 Å². The lowest BCUT2D eigenvalue weighted by Crippen LogP contribution is -2.43. The summed E-state index contributed by atoms with van der Waals surface area (Å²) in [5.74, 6) is -0.0509. The molecule has 20 heavy (non-hydrogen) atoms. The summed E-state index contributed by atoms with van der Waals surface area (Å²) >= 11 is 5.81. The minimum Gasteiger partial charge on any atom is -0.388 e. The van der Waals surface area contributed by atoms with Crippen molar-refractivity contribution >= 4 is 17.5 Å². The van der Waals surface area contributed by atoms with E-state index < -0.39 is 5.60 Å². The van der Waals surface area contributed by atoms with Crippen molar-refractivity contribution in [3.05, 3.63) is 34.9 Å². The summed E-state index contributed by atoms with van der Waals surface area (Å²) in [4.78, 5) is 11.9. The van der Waals surface area contributed by atoms with Gasteiger partial charge in [0.25, 0.3) is 0 Å². The maximum Gasteiger partial charge on any atom is 0.224 e. The summed E-state index contributed by atoms with van der Waals surface area (Å²) in [5, 5.41) is 14.0. The van der Waals surface area contributed by atoms with Crippen molar-refractivity contribution in [2.75, 3.05) is 6.54 Å². The molecule has 0 spiro atoms. The van der Waals surface area contributed by atoms with Crippen molar-refractivity contribution in [2.24, 2.45) is 0 Å². The summed E-state index contributed by atoms with van der Waals surface area (Å²) in [6.07, 6.45) is 6.35. The molecule has 1 aromatic carbocycles. The van der Waals surface area contributed by atoms with Gasteiger partial charge in [-0.3, -0.25) is 4.79 Å². The van der Waals surface area contributed by atoms with Gasteiger partial charge in [0.1, 0.15) is 0 Å². The van der Waals surface area contributed by atoms with Crippen molar-refractivity contribution in [1.29, 1.82) is 0 Å². The van der Waals surface area contributed by atoms with Crippen LogP contribution in [0.25, 0.3) is 0 Å². The molecule has 1 aliphatic rings. The zero-order valence-corrected chi connectivity index (χ0v) is 12.5. The molecule has 2 rings (SSSR count). The topological polar surface area (TPSA) is 49.3 Å². The van der Waals surface area contributed by atoms with Crippen LogP contribution in [0.3, 0.4) is 0 Å². The minimum absolute atomic E-state index is 0.0509. The lowest BCUT2D eigenvalue weighted by molar-refractivity contribution is -0.121. The zero-order valence-electron chi connectivity index (χ0n) is 11.7. The van der Waals surface area contributed by atoms with Gasteiger partial charge in [0.15, 0.2) is 0 Å². The number of rotatable bonds is 4. The van der Waals surface area contributed by atoms with Crippen LogP contribution in [0.15, 0.2) is 24.3 Å². The Morgan fingerprint density at radius 1 is 1.15 bits per heavy atom. The third-order valence-electron chi connectivity index (χ3n) is 3.93. The molecule has 2 N–H and O–H groups in total. The van der Waals surface area contributed by atoms with Gasteiger partial charge in [-0.1, -0.05) is 49.4 Å². The first-order valence-corrected chi connectivity index (χ1v) is 7.69. The van der Waals surface area contributed by atoms with Gasteiger partial charge in [0, 0.05) is 11.6 Å².